The molecule has 2 aliphatic rings. The molecule has 2 aromatic carbocycles. The van der Waals surface area contributed by atoms with E-state index in [-0.39, 0.29) is 16.5 Å². The van der Waals surface area contributed by atoms with Crippen molar-refractivity contribution in [2.75, 3.05) is 0 Å². The molecule has 5 rings (SSSR count). The molecule has 10 heteroatoms. The number of hydrogen-bond acceptors (Lipinski definition) is 4. The highest BCUT2D eigenvalue weighted by atomic mass is 35.5. The molecule has 0 aliphatic heterocycles. The number of halogens is 4. The van der Waals surface area contributed by atoms with E-state index in [1.165, 1.54) is 12.1 Å². The molecular formula is C24H20Cl4N4O2. The van der Waals surface area contributed by atoms with Crippen molar-refractivity contribution in [3.05, 3.63) is 67.4 Å². The van der Waals surface area contributed by atoms with Gasteiger partial charge in [0.25, 0.3) is 11.8 Å². The Balaban J connectivity index is 1.54. The lowest BCUT2D eigenvalue weighted by molar-refractivity contribution is -0.131. The van der Waals surface area contributed by atoms with Crippen molar-refractivity contribution in [2.45, 2.75) is 44.4 Å². The van der Waals surface area contributed by atoms with Crippen molar-refractivity contribution in [1.29, 1.82) is 0 Å². The largest absolute Gasteiger partial charge is 0.272 e. The summed E-state index contributed by atoms with van der Waals surface area (Å²) in [5.41, 5.74) is 5.96. The van der Waals surface area contributed by atoms with Crippen LogP contribution in [0.5, 0.6) is 0 Å². The molecule has 6 nitrogen and oxygen atoms in total. The summed E-state index contributed by atoms with van der Waals surface area (Å²) in [5.74, 6) is -0.902. The van der Waals surface area contributed by atoms with Crippen LogP contribution < -0.4 is 10.9 Å². The van der Waals surface area contributed by atoms with Crippen molar-refractivity contribution < 1.29 is 9.59 Å². The number of hydrazine groups is 1. The number of nitrogens with zero attached hydrogens (tertiary/aromatic N) is 2. The zero-order valence-electron chi connectivity index (χ0n) is 18.5. The summed E-state index contributed by atoms with van der Waals surface area (Å²) < 4.78 is 0. The average molecular weight is 538 g/mol. The molecule has 0 saturated heterocycles. The fraction of sp³-hybridized carbons (Fsp3) is 0.333. The number of benzene rings is 2. The second kappa shape index (κ2) is 7.69. The molecule has 1 aromatic heterocycles. The smallest absolute Gasteiger partial charge is 0.271 e. The van der Waals surface area contributed by atoms with E-state index in [4.69, 9.17) is 56.4 Å². The Bertz CT molecular complexity index is 1410. The highest BCUT2D eigenvalue weighted by molar-refractivity contribution is 6.42. The zero-order valence-corrected chi connectivity index (χ0v) is 21.5. The van der Waals surface area contributed by atoms with Crippen LogP contribution in [-0.2, 0) is 15.6 Å². The molecule has 1 fully saturated rings. The summed E-state index contributed by atoms with van der Waals surface area (Å²) in [7, 11) is 0. The lowest BCUT2D eigenvalue weighted by atomic mass is 9.63. The van der Waals surface area contributed by atoms with Crippen molar-refractivity contribution in [3.8, 4) is 0 Å². The van der Waals surface area contributed by atoms with E-state index >= 15 is 0 Å². The number of hydrogen-bond donors (Lipinski definition) is 2. The average Bonchev–Trinajstić information content (AvgIpc) is 3.06. The number of carbonyl (C=O) groups is 2. The highest BCUT2D eigenvalue weighted by Crippen LogP contribution is 2.70. The molecule has 2 bridgehead atoms. The van der Waals surface area contributed by atoms with Gasteiger partial charge in [-0.1, -0.05) is 67.2 Å². The van der Waals surface area contributed by atoms with Gasteiger partial charge < -0.3 is 0 Å². The molecule has 1 saturated carbocycles. The number of rotatable bonds is 2. The summed E-state index contributed by atoms with van der Waals surface area (Å²) in [6.45, 7) is 6.20. The zero-order chi connectivity index (χ0) is 24.6. The second-order valence-electron chi connectivity index (χ2n) is 9.57. The van der Waals surface area contributed by atoms with Gasteiger partial charge in [-0.2, -0.15) is 0 Å². The molecule has 0 spiro atoms. The predicted octanol–water partition coefficient (Wildman–Crippen LogP) is 6.03. The molecule has 2 unspecified atom stereocenters. The Morgan fingerprint density at radius 3 is 2.06 bits per heavy atom. The number of nitrogens with one attached hydrogen (secondary N) is 2. The van der Waals surface area contributed by atoms with E-state index < -0.39 is 22.2 Å². The van der Waals surface area contributed by atoms with Crippen LogP contribution in [0.2, 0.25) is 20.1 Å². The van der Waals surface area contributed by atoms with Crippen molar-refractivity contribution in [1.82, 2.24) is 20.8 Å². The molecule has 2 aliphatic carbocycles. The van der Waals surface area contributed by atoms with Crippen LogP contribution in [0.4, 0.5) is 0 Å². The maximum Gasteiger partial charge on any atom is 0.271 e. The first kappa shape index (κ1) is 23.6. The third-order valence-electron chi connectivity index (χ3n) is 7.93. The van der Waals surface area contributed by atoms with E-state index in [2.05, 4.69) is 17.8 Å². The summed E-state index contributed by atoms with van der Waals surface area (Å²) >= 11 is 24.5. The fourth-order valence-electron chi connectivity index (χ4n) is 5.56. The van der Waals surface area contributed by atoms with Crippen LogP contribution in [0, 0.1) is 5.41 Å². The summed E-state index contributed by atoms with van der Waals surface area (Å²) in [6.07, 6.45) is 1.31. The Hall–Kier alpha value is -2.12. The molecule has 3 aromatic rings. The van der Waals surface area contributed by atoms with E-state index in [1.807, 2.05) is 13.8 Å². The van der Waals surface area contributed by atoms with Gasteiger partial charge in [0.2, 0.25) is 0 Å². The molecule has 0 radical (unpaired) electrons. The third kappa shape index (κ3) is 3.02. The predicted molar refractivity (Wildman–Crippen MR) is 134 cm³/mol. The highest BCUT2D eigenvalue weighted by Gasteiger charge is 2.73. The molecule has 34 heavy (non-hydrogen) atoms. The molecular weight excluding hydrogens is 518 g/mol. The molecule has 176 valence electrons. The van der Waals surface area contributed by atoms with Gasteiger partial charge >= 0.3 is 0 Å². The van der Waals surface area contributed by atoms with Gasteiger partial charge in [0.05, 0.1) is 43.1 Å². The summed E-state index contributed by atoms with van der Waals surface area (Å²) in [6, 6.07) is 7.87. The van der Waals surface area contributed by atoms with Crippen LogP contribution in [0.15, 0.2) is 30.3 Å². The first-order chi connectivity index (χ1) is 15.9. The summed E-state index contributed by atoms with van der Waals surface area (Å²) in [5, 5.41) is 1.35. The number of fused-ring (bicyclic) bond motifs is 6. The summed E-state index contributed by atoms with van der Waals surface area (Å²) in [4.78, 5) is 36.3. The standard InChI is InChI=1S/C24H20Cl4N4O2/c1-22(2)23(3)6-7-24(22,19-18(23)29-16-9-14(27)15(28)10-17(16)30-19)21(34)32-31-20(33)12-5-4-11(25)8-13(12)26/h4-5,8-10H,6-7H2,1-3H3,(H,31,33)(H,32,34). The van der Waals surface area contributed by atoms with Gasteiger partial charge in [0.15, 0.2) is 0 Å². The van der Waals surface area contributed by atoms with Crippen molar-refractivity contribution >= 4 is 69.3 Å². The SMILES string of the molecule is CC12CCC(C(=O)NNC(=O)c3ccc(Cl)cc3Cl)(c3nc4cc(Cl)c(Cl)cc4nc31)C2(C)C. The fourth-order valence-corrected chi connectivity index (χ4v) is 6.37. The van der Waals surface area contributed by atoms with Gasteiger partial charge in [0, 0.05) is 10.4 Å². The number of aromatic nitrogens is 2. The lowest BCUT2D eigenvalue weighted by Gasteiger charge is -2.39. The Kier molecular flexibility index (Phi) is 5.34. The van der Waals surface area contributed by atoms with E-state index in [9.17, 15) is 9.59 Å². The van der Waals surface area contributed by atoms with Gasteiger partial charge in [-0.05, 0) is 48.6 Å². The van der Waals surface area contributed by atoms with Crippen LogP contribution in [0.3, 0.4) is 0 Å². The maximum atomic E-state index is 13.8. The Labute approximate surface area is 216 Å². The monoisotopic (exact) mass is 536 g/mol. The van der Waals surface area contributed by atoms with Gasteiger partial charge in [0.1, 0.15) is 5.41 Å². The van der Waals surface area contributed by atoms with Crippen molar-refractivity contribution in [2.24, 2.45) is 5.41 Å². The van der Waals surface area contributed by atoms with Gasteiger partial charge in [-0.3, -0.25) is 20.4 Å². The van der Waals surface area contributed by atoms with Crippen LogP contribution >= 0.6 is 46.4 Å². The molecule has 1 heterocycles. The van der Waals surface area contributed by atoms with E-state index in [0.717, 1.165) is 12.1 Å². The van der Waals surface area contributed by atoms with E-state index in [1.54, 1.807) is 18.2 Å². The van der Waals surface area contributed by atoms with Crippen LogP contribution in [-0.4, -0.2) is 21.8 Å². The second-order valence-corrected chi connectivity index (χ2v) is 11.2. The number of amides is 2. The molecule has 2 atom stereocenters. The Morgan fingerprint density at radius 2 is 1.44 bits per heavy atom. The minimum Gasteiger partial charge on any atom is -0.272 e. The van der Waals surface area contributed by atoms with Crippen molar-refractivity contribution in [3.63, 3.8) is 0 Å². The molecule has 2 amide bonds. The maximum absolute atomic E-state index is 13.8. The minimum absolute atomic E-state index is 0.185. The van der Waals surface area contributed by atoms with Gasteiger partial charge in [-0.15, -0.1) is 0 Å². The quantitative estimate of drug-likeness (QED) is 0.391. The molecule has 2 N–H and O–H groups in total. The third-order valence-corrected chi connectivity index (χ3v) is 9.20. The topological polar surface area (TPSA) is 84.0 Å². The van der Waals surface area contributed by atoms with Crippen LogP contribution in [0.1, 0.15) is 55.4 Å². The normalized spacial score (nSPS) is 24.2. The lowest BCUT2D eigenvalue weighted by Crippen LogP contribution is -2.55. The first-order valence-electron chi connectivity index (χ1n) is 10.7. The number of carbonyl (C=O) groups excluding carboxylic acids is 2. The van der Waals surface area contributed by atoms with Gasteiger partial charge in [-0.25, -0.2) is 9.97 Å². The van der Waals surface area contributed by atoms with Crippen LogP contribution in [0.25, 0.3) is 11.0 Å². The Morgan fingerprint density at radius 1 is 0.824 bits per heavy atom. The minimum atomic E-state index is -0.999. The first-order valence-corrected chi connectivity index (χ1v) is 12.2. The van der Waals surface area contributed by atoms with E-state index in [0.29, 0.717) is 38.2 Å².